The zero-order valence-corrected chi connectivity index (χ0v) is 27.1. The topological polar surface area (TPSA) is 35.6 Å². The monoisotopic (exact) mass is 638 g/mol. The summed E-state index contributed by atoms with van der Waals surface area (Å²) < 4.78 is 4.78. The maximum absolute atomic E-state index is 4.60. The van der Waals surface area contributed by atoms with Crippen LogP contribution < -0.4 is 0 Å². The minimum Gasteiger partial charge on any atom is -0.309 e. The van der Waals surface area contributed by atoms with Crippen molar-refractivity contribution in [2.75, 3.05) is 0 Å². The number of nitrogens with zero attached hydrogens (tertiary/aromatic N) is 4. The Morgan fingerprint density at radius 3 is 1.60 bits per heavy atom. The smallest absolute Gasteiger partial charge is 0.0885 e. The molecule has 4 nitrogen and oxygen atoms in total. The van der Waals surface area contributed by atoms with E-state index in [0.717, 1.165) is 28.1 Å². The minimum atomic E-state index is 0.854. The highest BCUT2D eigenvalue weighted by Gasteiger charge is 2.18. The SMILES string of the molecule is c1ccc(-c2cc(-c3cnccn3)ccc2-n2c3ccccc3c3cc(-c4ccc5c(c4)c4ccccc4n5-c4ccccc4)ccc32)cc1. The van der Waals surface area contributed by atoms with Crippen LogP contribution in [0.5, 0.6) is 0 Å². The molecule has 0 radical (unpaired) electrons. The van der Waals surface area contributed by atoms with Crippen LogP contribution in [0.1, 0.15) is 0 Å². The summed E-state index contributed by atoms with van der Waals surface area (Å²) in [6.07, 6.45) is 5.28. The third kappa shape index (κ3) is 4.46. The molecule has 10 aromatic rings. The summed E-state index contributed by atoms with van der Waals surface area (Å²) in [7, 11) is 0. The zero-order chi connectivity index (χ0) is 33.0. The first-order valence-corrected chi connectivity index (χ1v) is 16.9. The van der Waals surface area contributed by atoms with Crippen LogP contribution in [0.15, 0.2) is 182 Å². The molecule has 0 saturated heterocycles. The van der Waals surface area contributed by atoms with Crippen molar-refractivity contribution in [2.45, 2.75) is 0 Å². The van der Waals surface area contributed by atoms with Crippen LogP contribution in [-0.4, -0.2) is 19.1 Å². The molecule has 0 unspecified atom stereocenters. The first-order valence-electron chi connectivity index (χ1n) is 16.9. The van der Waals surface area contributed by atoms with Crippen molar-refractivity contribution in [1.29, 1.82) is 0 Å². The predicted octanol–water partition coefficient (Wildman–Crippen LogP) is 11.7. The molecule has 0 amide bonds. The Kier molecular flexibility index (Phi) is 6.46. The van der Waals surface area contributed by atoms with Gasteiger partial charge in [0.2, 0.25) is 0 Å². The first-order chi connectivity index (χ1) is 24.8. The van der Waals surface area contributed by atoms with E-state index < -0.39 is 0 Å². The Labute approximate surface area is 289 Å². The van der Waals surface area contributed by atoms with Crippen LogP contribution in [0.4, 0.5) is 0 Å². The number of hydrogen-bond acceptors (Lipinski definition) is 2. The molecule has 234 valence electrons. The van der Waals surface area contributed by atoms with Gasteiger partial charge in [0.15, 0.2) is 0 Å². The van der Waals surface area contributed by atoms with Gasteiger partial charge in [-0.1, -0.05) is 103 Å². The average molecular weight is 639 g/mol. The molecule has 3 heterocycles. The molecule has 0 fully saturated rings. The summed E-state index contributed by atoms with van der Waals surface area (Å²) in [6, 6.07) is 59.1. The van der Waals surface area contributed by atoms with Crippen molar-refractivity contribution < 1.29 is 0 Å². The lowest BCUT2D eigenvalue weighted by Crippen LogP contribution is -1.98. The van der Waals surface area contributed by atoms with E-state index in [2.05, 4.69) is 183 Å². The maximum Gasteiger partial charge on any atom is 0.0885 e. The Hall–Kier alpha value is -6.78. The highest BCUT2D eigenvalue weighted by atomic mass is 15.0. The predicted molar refractivity (Wildman–Crippen MR) is 207 cm³/mol. The Balaban J connectivity index is 1.17. The quantitative estimate of drug-likeness (QED) is 0.188. The summed E-state index contributed by atoms with van der Waals surface area (Å²) in [5.41, 5.74) is 13.6. The van der Waals surface area contributed by atoms with Gasteiger partial charge in [-0.15, -0.1) is 0 Å². The molecule has 0 aliphatic carbocycles. The van der Waals surface area contributed by atoms with E-state index in [-0.39, 0.29) is 0 Å². The highest BCUT2D eigenvalue weighted by Crippen LogP contribution is 2.40. The molecule has 0 aliphatic rings. The van der Waals surface area contributed by atoms with Gasteiger partial charge in [0.05, 0.1) is 39.6 Å². The Morgan fingerprint density at radius 2 is 0.940 bits per heavy atom. The lowest BCUT2D eigenvalue weighted by molar-refractivity contribution is 1.17. The second kappa shape index (κ2) is 11.4. The van der Waals surface area contributed by atoms with E-state index in [1.165, 1.54) is 60.4 Å². The number of rotatable bonds is 5. The highest BCUT2D eigenvalue weighted by molar-refractivity contribution is 6.13. The van der Waals surface area contributed by atoms with Crippen LogP contribution >= 0.6 is 0 Å². The van der Waals surface area contributed by atoms with E-state index in [1.807, 2.05) is 6.20 Å². The summed E-state index contributed by atoms with van der Waals surface area (Å²) in [6.45, 7) is 0. The van der Waals surface area contributed by atoms with Gasteiger partial charge in [0.25, 0.3) is 0 Å². The van der Waals surface area contributed by atoms with Crippen molar-refractivity contribution in [3.8, 4) is 44.9 Å². The minimum absolute atomic E-state index is 0.854. The van der Waals surface area contributed by atoms with Gasteiger partial charge in [0.1, 0.15) is 0 Å². The van der Waals surface area contributed by atoms with Crippen LogP contribution in [0.3, 0.4) is 0 Å². The molecule has 4 heteroatoms. The number of aromatic nitrogens is 4. The normalized spacial score (nSPS) is 11.6. The third-order valence-corrected chi connectivity index (χ3v) is 9.87. The summed E-state index contributed by atoms with van der Waals surface area (Å²) in [5, 5.41) is 4.95. The molecule has 0 saturated carbocycles. The first kappa shape index (κ1) is 28.3. The molecule has 50 heavy (non-hydrogen) atoms. The molecule has 0 bridgehead atoms. The average Bonchev–Trinajstić information content (AvgIpc) is 3.71. The fraction of sp³-hybridized carbons (Fsp3) is 0. The molecule has 0 atom stereocenters. The van der Waals surface area contributed by atoms with Crippen molar-refractivity contribution in [3.63, 3.8) is 0 Å². The van der Waals surface area contributed by atoms with Crippen LogP contribution in [-0.2, 0) is 0 Å². The van der Waals surface area contributed by atoms with Gasteiger partial charge in [-0.25, -0.2) is 0 Å². The standard InChI is InChI=1S/C46H30N4/c1-3-11-31(12-4-1)38-29-34(41-30-47-25-26-48-41)21-24-44(38)50-43-18-10-8-16-37(43)40-28-33(20-23-46(40)50)32-19-22-45-39(27-32)36-15-7-9-17-42(36)49(45)35-13-5-2-6-14-35/h1-30H. The molecule has 7 aromatic carbocycles. The number of para-hydroxylation sites is 3. The van der Waals surface area contributed by atoms with E-state index in [0.29, 0.717) is 0 Å². The summed E-state index contributed by atoms with van der Waals surface area (Å²) in [4.78, 5) is 8.92. The van der Waals surface area contributed by atoms with Gasteiger partial charge >= 0.3 is 0 Å². The number of hydrogen-bond donors (Lipinski definition) is 0. The molecule has 10 rings (SSSR count). The molecule has 0 spiro atoms. The molecule has 0 aliphatic heterocycles. The Morgan fingerprint density at radius 1 is 0.380 bits per heavy atom. The van der Waals surface area contributed by atoms with E-state index in [1.54, 1.807) is 12.4 Å². The number of benzene rings is 7. The van der Waals surface area contributed by atoms with Crippen LogP contribution in [0, 0.1) is 0 Å². The van der Waals surface area contributed by atoms with Crippen molar-refractivity contribution >= 4 is 43.6 Å². The van der Waals surface area contributed by atoms with Gasteiger partial charge in [-0.3, -0.25) is 9.97 Å². The van der Waals surface area contributed by atoms with E-state index in [4.69, 9.17) is 0 Å². The van der Waals surface area contributed by atoms with Crippen LogP contribution in [0.2, 0.25) is 0 Å². The van der Waals surface area contributed by atoms with E-state index >= 15 is 0 Å². The van der Waals surface area contributed by atoms with Crippen molar-refractivity contribution in [3.05, 3.63) is 182 Å². The third-order valence-electron chi connectivity index (χ3n) is 9.87. The zero-order valence-electron chi connectivity index (χ0n) is 27.1. The fourth-order valence-electron chi connectivity index (χ4n) is 7.61. The Bertz CT molecular complexity index is 2850. The van der Waals surface area contributed by atoms with E-state index in [9.17, 15) is 0 Å². The van der Waals surface area contributed by atoms with Crippen molar-refractivity contribution in [2.24, 2.45) is 0 Å². The molecule has 3 aromatic heterocycles. The van der Waals surface area contributed by atoms with Crippen LogP contribution in [0.25, 0.3) is 88.5 Å². The molecule has 0 N–H and O–H groups in total. The lowest BCUT2D eigenvalue weighted by Gasteiger charge is -2.16. The fourth-order valence-corrected chi connectivity index (χ4v) is 7.61. The summed E-state index contributed by atoms with van der Waals surface area (Å²) in [5.74, 6) is 0. The van der Waals surface area contributed by atoms with Gasteiger partial charge in [-0.2, -0.15) is 0 Å². The summed E-state index contributed by atoms with van der Waals surface area (Å²) >= 11 is 0. The van der Waals surface area contributed by atoms with Gasteiger partial charge < -0.3 is 9.13 Å². The number of fused-ring (bicyclic) bond motifs is 6. The maximum atomic E-state index is 4.60. The largest absolute Gasteiger partial charge is 0.309 e. The van der Waals surface area contributed by atoms with Crippen molar-refractivity contribution in [1.82, 2.24) is 19.1 Å². The lowest BCUT2D eigenvalue weighted by atomic mass is 9.99. The second-order valence-corrected chi connectivity index (χ2v) is 12.7. The molecular formula is C46H30N4. The van der Waals surface area contributed by atoms with Gasteiger partial charge in [0, 0.05) is 50.8 Å². The second-order valence-electron chi connectivity index (χ2n) is 12.7. The molecular weight excluding hydrogens is 609 g/mol. The van der Waals surface area contributed by atoms with Gasteiger partial charge in [-0.05, 0) is 77.4 Å².